The van der Waals surface area contributed by atoms with Crippen molar-refractivity contribution >= 4 is 17.5 Å². The molecule has 0 saturated carbocycles. The van der Waals surface area contributed by atoms with E-state index in [9.17, 15) is 4.79 Å². The summed E-state index contributed by atoms with van der Waals surface area (Å²) in [7, 11) is 2.16. The SMILES string of the molecule is CN1CCN(CCN2CC(CCl)CC2=O)CC1. The van der Waals surface area contributed by atoms with Gasteiger partial charge in [0.2, 0.25) is 5.91 Å². The van der Waals surface area contributed by atoms with Gasteiger partial charge in [-0.15, -0.1) is 11.6 Å². The minimum atomic E-state index is 0.282. The zero-order valence-electron chi connectivity index (χ0n) is 10.6. The van der Waals surface area contributed by atoms with Gasteiger partial charge in [-0.05, 0) is 13.0 Å². The lowest BCUT2D eigenvalue weighted by Gasteiger charge is -2.33. The molecule has 0 N–H and O–H groups in total. The molecule has 0 spiro atoms. The smallest absolute Gasteiger partial charge is 0.223 e. The monoisotopic (exact) mass is 259 g/mol. The summed E-state index contributed by atoms with van der Waals surface area (Å²) in [5.41, 5.74) is 0. The molecule has 98 valence electrons. The molecule has 5 heteroatoms. The van der Waals surface area contributed by atoms with E-state index in [4.69, 9.17) is 11.6 Å². The van der Waals surface area contributed by atoms with Crippen LogP contribution in [0.4, 0.5) is 0 Å². The average molecular weight is 260 g/mol. The van der Waals surface area contributed by atoms with Gasteiger partial charge < -0.3 is 9.80 Å². The Morgan fingerprint density at radius 3 is 2.53 bits per heavy atom. The maximum absolute atomic E-state index is 11.7. The van der Waals surface area contributed by atoms with Crippen LogP contribution in [0.5, 0.6) is 0 Å². The summed E-state index contributed by atoms with van der Waals surface area (Å²) >= 11 is 5.81. The van der Waals surface area contributed by atoms with E-state index in [1.807, 2.05) is 4.90 Å². The standard InChI is InChI=1S/C12H22ClN3O/c1-14-2-4-15(5-3-14)6-7-16-10-11(9-13)8-12(16)17/h11H,2-10H2,1H3. The molecule has 2 fully saturated rings. The van der Waals surface area contributed by atoms with Crippen molar-refractivity contribution < 1.29 is 4.79 Å². The Morgan fingerprint density at radius 1 is 1.24 bits per heavy atom. The van der Waals surface area contributed by atoms with Crippen LogP contribution in [0, 0.1) is 5.92 Å². The zero-order valence-corrected chi connectivity index (χ0v) is 11.3. The van der Waals surface area contributed by atoms with E-state index in [1.54, 1.807) is 0 Å². The van der Waals surface area contributed by atoms with Crippen molar-refractivity contribution in [1.82, 2.24) is 14.7 Å². The van der Waals surface area contributed by atoms with Crippen molar-refractivity contribution in [3.8, 4) is 0 Å². The number of carbonyl (C=O) groups is 1. The van der Waals surface area contributed by atoms with Crippen LogP contribution in [0.1, 0.15) is 6.42 Å². The normalized spacial score (nSPS) is 28.0. The van der Waals surface area contributed by atoms with E-state index in [0.717, 1.165) is 45.8 Å². The Labute approximate surface area is 108 Å². The number of hydrogen-bond acceptors (Lipinski definition) is 3. The van der Waals surface area contributed by atoms with Gasteiger partial charge in [-0.25, -0.2) is 0 Å². The Bertz CT molecular complexity index is 266. The predicted octanol–water partition coefficient (Wildman–Crippen LogP) is 0.321. The maximum Gasteiger partial charge on any atom is 0.223 e. The summed E-state index contributed by atoms with van der Waals surface area (Å²) in [4.78, 5) is 18.5. The van der Waals surface area contributed by atoms with Gasteiger partial charge in [0.05, 0.1) is 0 Å². The van der Waals surface area contributed by atoms with Crippen LogP contribution < -0.4 is 0 Å². The third kappa shape index (κ3) is 3.57. The summed E-state index contributed by atoms with van der Waals surface area (Å²) in [5, 5.41) is 0. The molecule has 1 amide bonds. The van der Waals surface area contributed by atoms with Crippen molar-refractivity contribution in [2.24, 2.45) is 5.92 Å². The van der Waals surface area contributed by atoms with Crippen LogP contribution in [-0.4, -0.2) is 79.3 Å². The molecular formula is C12H22ClN3O. The van der Waals surface area contributed by atoms with Gasteiger partial charge in [0.1, 0.15) is 0 Å². The molecular weight excluding hydrogens is 238 g/mol. The van der Waals surface area contributed by atoms with Gasteiger partial charge in [0.15, 0.2) is 0 Å². The van der Waals surface area contributed by atoms with E-state index < -0.39 is 0 Å². The average Bonchev–Trinajstić information content (AvgIpc) is 2.69. The number of halogens is 1. The summed E-state index contributed by atoms with van der Waals surface area (Å²) in [6.45, 7) is 7.26. The first kappa shape index (κ1) is 13.1. The van der Waals surface area contributed by atoms with Crippen LogP contribution in [0.2, 0.25) is 0 Å². The highest BCUT2D eigenvalue weighted by atomic mass is 35.5. The molecule has 4 nitrogen and oxygen atoms in total. The molecule has 0 radical (unpaired) electrons. The number of nitrogens with zero attached hydrogens (tertiary/aromatic N) is 3. The number of likely N-dealkylation sites (tertiary alicyclic amines) is 1. The van der Waals surface area contributed by atoms with Gasteiger partial charge in [-0.1, -0.05) is 0 Å². The quantitative estimate of drug-likeness (QED) is 0.681. The highest BCUT2D eigenvalue weighted by Gasteiger charge is 2.28. The molecule has 0 aromatic heterocycles. The fourth-order valence-corrected chi connectivity index (χ4v) is 2.71. The maximum atomic E-state index is 11.7. The van der Waals surface area contributed by atoms with Crippen LogP contribution in [0.25, 0.3) is 0 Å². The van der Waals surface area contributed by atoms with Crippen LogP contribution >= 0.6 is 11.6 Å². The van der Waals surface area contributed by atoms with E-state index in [1.165, 1.54) is 0 Å². The summed E-state index contributed by atoms with van der Waals surface area (Å²) in [6, 6.07) is 0. The highest BCUT2D eigenvalue weighted by molar-refractivity contribution is 6.18. The van der Waals surface area contributed by atoms with Gasteiger partial charge >= 0.3 is 0 Å². The molecule has 1 unspecified atom stereocenters. The van der Waals surface area contributed by atoms with Gasteiger partial charge in [-0.3, -0.25) is 9.69 Å². The second-order valence-corrected chi connectivity index (χ2v) is 5.52. The Morgan fingerprint density at radius 2 is 1.94 bits per heavy atom. The van der Waals surface area contributed by atoms with E-state index >= 15 is 0 Å². The molecule has 2 aliphatic rings. The number of rotatable bonds is 4. The molecule has 0 aromatic carbocycles. The van der Waals surface area contributed by atoms with Crippen molar-refractivity contribution in [2.45, 2.75) is 6.42 Å². The largest absolute Gasteiger partial charge is 0.341 e. The zero-order chi connectivity index (χ0) is 12.3. The first-order valence-electron chi connectivity index (χ1n) is 6.43. The fourth-order valence-electron chi connectivity index (χ4n) is 2.51. The molecule has 0 aliphatic carbocycles. The molecule has 1 atom stereocenters. The number of carbonyl (C=O) groups excluding carboxylic acids is 1. The lowest BCUT2D eigenvalue weighted by Crippen LogP contribution is -2.47. The van der Waals surface area contributed by atoms with E-state index in [-0.39, 0.29) is 5.91 Å². The topological polar surface area (TPSA) is 26.8 Å². The number of hydrogen-bond donors (Lipinski definition) is 0. The number of alkyl halides is 1. The first-order chi connectivity index (χ1) is 8.19. The minimum Gasteiger partial charge on any atom is -0.341 e. The molecule has 17 heavy (non-hydrogen) atoms. The van der Waals surface area contributed by atoms with E-state index in [2.05, 4.69) is 16.8 Å². The van der Waals surface area contributed by atoms with Crippen molar-refractivity contribution in [1.29, 1.82) is 0 Å². The summed E-state index contributed by atoms with van der Waals surface area (Å²) in [6.07, 6.45) is 0.645. The Kier molecular flexibility index (Phi) is 4.65. The number of piperazine rings is 1. The van der Waals surface area contributed by atoms with Crippen LogP contribution in [-0.2, 0) is 4.79 Å². The molecule has 2 heterocycles. The Hall–Kier alpha value is -0.320. The molecule has 2 rings (SSSR count). The summed E-state index contributed by atoms with van der Waals surface area (Å²) in [5.74, 6) is 1.26. The second-order valence-electron chi connectivity index (χ2n) is 5.21. The van der Waals surface area contributed by atoms with Crippen molar-refractivity contribution in [3.05, 3.63) is 0 Å². The van der Waals surface area contributed by atoms with Gasteiger partial charge in [-0.2, -0.15) is 0 Å². The Balaban J connectivity index is 1.70. The summed E-state index contributed by atoms with van der Waals surface area (Å²) < 4.78 is 0. The lowest BCUT2D eigenvalue weighted by atomic mass is 10.1. The van der Waals surface area contributed by atoms with E-state index in [0.29, 0.717) is 18.2 Å². The third-order valence-electron chi connectivity index (χ3n) is 3.79. The third-order valence-corrected chi connectivity index (χ3v) is 4.23. The molecule has 2 aliphatic heterocycles. The fraction of sp³-hybridized carbons (Fsp3) is 0.917. The van der Waals surface area contributed by atoms with Crippen molar-refractivity contribution in [2.75, 3.05) is 58.7 Å². The predicted molar refractivity (Wildman–Crippen MR) is 69.3 cm³/mol. The molecule has 0 bridgehead atoms. The minimum absolute atomic E-state index is 0.282. The van der Waals surface area contributed by atoms with Crippen LogP contribution in [0.3, 0.4) is 0 Å². The first-order valence-corrected chi connectivity index (χ1v) is 6.97. The number of likely N-dealkylation sites (N-methyl/N-ethyl adjacent to an activating group) is 1. The van der Waals surface area contributed by atoms with Gasteiger partial charge in [0.25, 0.3) is 0 Å². The molecule has 2 saturated heterocycles. The second kappa shape index (κ2) is 6.03. The number of amides is 1. The highest BCUT2D eigenvalue weighted by Crippen LogP contribution is 2.18. The van der Waals surface area contributed by atoms with Crippen LogP contribution in [0.15, 0.2) is 0 Å². The lowest BCUT2D eigenvalue weighted by molar-refractivity contribution is -0.127. The van der Waals surface area contributed by atoms with Gasteiger partial charge in [0, 0.05) is 58.1 Å². The van der Waals surface area contributed by atoms with Crippen molar-refractivity contribution in [3.63, 3.8) is 0 Å². The molecule has 0 aromatic rings.